The molecule has 1 atom stereocenters. The molecule has 0 spiro atoms. The number of benzene rings is 1. The topological polar surface area (TPSA) is 58.6 Å². The first-order valence-electron chi connectivity index (χ1n) is 8.81. The second-order valence-electron chi connectivity index (χ2n) is 6.67. The molecule has 2 rings (SSSR count). The van der Waals surface area contributed by atoms with Crippen LogP contribution < -0.4 is 10.1 Å². The lowest BCUT2D eigenvalue weighted by molar-refractivity contribution is -0.132. The fourth-order valence-electron chi connectivity index (χ4n) is 2.91. The van der Waals surface area contributed by atoms with Gasteiger partial charge < -0.3 is 15.0 Å². The molecule has 1 saturated heterocycles. The summed E-state index contributed by atoms with van der Waals surface area (Å²) in [7, 11) is 0. The van der Waals surface area contributed by atoms with Gasteiger partial charge >= 0.3 is 0 Å². The van der Waals surface area contributed by atoms with Crippen molar-refractivity contribution in [1.29, 1.82) is 0 Å². The minimum absolute atomic E-state index is 0.0717. The van der Waals surface area contributed by atoms with Crippen molar-refractivity contribution in [2.45, 2.75) is 46.1 Å². The third-order valence-electron chi connectivity index (χ3n) is 4.20. The Morgan fingerprint density at radius 3 is 2.62 bits per heavy atom. The van der Waals surface area contributed by atoms with E-state index < -0.39 is 0 Å². The van der Waals surface area contributed by atoms with Crippen molar-refractivity contribution in [1.82, 2.24) is 10.2 Å². The molecule has 5 heteroatoms. The highest BCUT2D eigenvalue weighted by Gasteiger charge is 2.23. The number of ether oxygens (including phenoxy) is 1. The molecule has 1 unspecified atom stereocenters. The van der Waals surface area contributed by atoms with Crippen molar-refractivity contribution in [2.75, 3.05) is 19.7 Å². The third-order valence-corrected chi connectivity index (χ3v) is 4.20. The van der Waals surface area contributed by atoms with Crippen LogP contribution in [0.3, 0.4) is 0 Å². The largest absolute Gasteiger partial charge is 0.493 e. The molecule has 1 aliphatic rings. The van der Waals surface area contributed by atoms with E-state index in [0.717, 1.165) is 31.7 Å². The Morgan fingerprint density at radius 2 is 2.00 bits per heavy atom. The normalized spacial score (nSPS) is 17.7. The van der Waals surface area contributed by atoms with E-state index in [1.165, 1.54) is 0 Å². The summed E-state index contributed by atoms with van der Waals surface area (Å²) < 4.78 is 5.85. The molecule has 0 aromatic heterocycles. The number of rotatable bonds is 6. The predicted molar refractivity (Wildman–Crippen MR) is 94.1 cm³/mol. The summed E-state index contributed by atoms with van der Waals surface area (Å²) in [6, 6.07) is 7.33. The Labute approximate surface area is 144 Å². The number of piperidine rings is 1. The number of carbonyl (C=O) groups excluding carboxylic acids is 2. The Balaban J connectivity index is 1.84. The molecule has 2 amide bonds. The van der Waals surface area contributed by atoms with Crippen molar-refractivity contribution in [3.05, 3.63) is 29.8 Å². The number of likely N-dealkylation sites (tertiary alicyclic amines) is 1. The zero-order valence-corrected chi connectivity index (χ0v) is 14.9. The molecular weight excluding hydrogens is 304 g/mol. The van der Waals surface area contributed by atoms with Crippen LogP contribution >= 0.6 is 0 Å². The van der Waals surface area contributed by atoms with Gasteiger partial charge in [0.15, 0.2) is 0 Å². The van der Waals surface area contributed by atoms with E-state index in [0.29, 0.717) is 24.5 Å². The number of amides is 2. The zero-order chi connectivity index (χ0) is 17.5. The third kappa shape index (κ3) is 5.25. The van der Waals surface area contributed by atoms with Crippen LogP contribution in [-0.4, -0.2) is 42.5 Å². The lowest BCUT2D eigenvalue weighted by Crippen LogP contribution is -2.41. The average molecular weight is 332 g/mol. The van der Waals surface area contributed by atoms with Gasteiger partial charge in [-0.15, -0.1) is 0 Å². The van der Waals surface area contributed by atoms with Crippen molar-refractivity contribution in [3.63, 3.8) is 0 Å². The van der Waals surface area contributed by atoms with E-state index in [1.54, 1.807) is 12.1 Å². The van der Waals surface area contributed by atoms with Gasteiger partial charge in [-0.2, -0.15) is 0 Å². The molecule has 24 heavy (non-hydrogen) atoms. The van der Waals surface area contributed by atoms with Crippen molar-refractivity contribution >= 4 is 11.8 Å². The molecule has 0 radical (unpaired) electrons. The first-order chi connectivity index (χ1) is 11.5. The van der Waals surface area contributed by atoms with Gasteiger partial charge in [0.05, 0.1) is 6.61 Å². The summed E-state index contributed by atoms with van der Waals surface area (Å²) in [4.78, 5) is 25.7. The SMILES string of the molecule is CCC(=O)N1CCCC(COc2ccc(C(=O)NC(C)C)cc2)C1. The number of hydrogen-bond acceptors (Lipinski definition) is 3. The quantitative estimate of drug-likeness (QED) is 0.871. The smallest absolute Gasteiger partial charge is 0.251 e. The van der Waals surface area contributed by atoms with E-state index in [-0.39, 0.29) is 17.9 Å². The Bertz CT molecular complexity index is 554. The fourth-order valence-corrected chi connectivity index (χ4v) is 2.91. The first-order valence-corrected chi connectivity index (χ1v) is 8.81. The molecule has 5 nitrogen and oxygen atoms in total. The van der Waals surface area contributed by atoms with E-state index >= 15 is 0 Å². The van der Waals surface area contributed by atoms with E-state index in [9.17, 15) is 9.59 Å². The summed E-state index contributed by atoms with van der Waals surface area (Å²) in [5, 5.41) is 2.87. The van der Waals surface area contributed by atoms with Crippen LogP contribution in [0.5, 0.6) is 5.75 Å². The lowest BCUT2D eigenvalue weighted by atomic mass is 9.99. The van der Waals surface area contributed by atoms with E-state index in [2.05, 4.69) is 5.32 Å². The predicted octanol–water partition coefficient (Wildman–Crippen LogP) is 2.85. The highest BCUT2D eigenvalue weighted by Crippen LogP contribution is 2.20. The molecule has 1 N–H and O–H groups in total. The molecule has 0 bridgehead atoms. The van der Waals surface area contributed by atoms with Gasteiger partial charge in [0.25, 0.3) is 5.91 Å². The van der Waals surface area contributed by atoms with Crippen LogP contribution in [0, 0.1) is 5.92 Å². The maximum absolute atomic E-state index is 11.9. The van der Waals surface area contributed by atoms with E-state index in [4.69, 9.17) is 4.74 Å². The minimum Gasteiger partial charge on any atom is -0.493 e. The van der Waals surface area contributed by atoms with Crippen LogP contribution in [0.2, 0.25) is 0 Å². The molecule has 1 fully saturated rings. The molecule has 132 valence electrons. The highest BCUT2D eigenvalue weighted by atomic mass is 16.5. The Kier molecular flexibility index (Phi) is 6.64. The molecule has 0 aliphatic carbocycles. The van der Waals surface area contributed by atoms with Crippen LogP contribution in [0.4, 0.5) is 0 Å². The number of nitrogens with zero attached hydrogens (tertiary/aromatic N) is 1. The van der Waals surface area contributed by atoms with Crippen LogP contribution in [0.1, 0.15) is 50.4 Å². The molecule has 1 aromatic carbocycles. The van der Waals surface area contributed by atoms with Gasteiger partial charge in [0.2, 0.25) is 5.91 Å². The fraction of sp³-hybridized carbons (Fsp3) is 0.579. The highest BCUT2D eigenvalue weighted by molar-refractivity contribution is 5.94. The van der Waals surface area contributed by atoms with Gasteiger partial charge in [-0.25, -0.2) is 0 Å². The standard InChI is InChI=1S/C19H28N2O3/c1-4-18(22)21-11-5-6-15(12-21)13-24-17-9-7-16(8-10-17)19(23)20-14(2)3/h7-10,14-15H,4-6,11-13H2,1-3H3,(H,20,23). The zero-order valence-electron chi connectivity index (χ0n) is 14.9. The van der Waals surface area contributed by atoms with Gasteiger partial charge in [-0.1, -0.05) is 6.92 Å². The second kappa shape index (κ2) is 8.71. The van der Waals surface area contributed by atoms with Crippen LogP contribution in [0.25, 0.3) is 0 Å². The maximum Gasteiger partial charge on any atom is 0.251 e. The van der Waals surface area contributed by atoms with E-state index in [1.807, 2.05) is 37.8 Å². The Morgan fingerprint density at radius 1 is 1.29 bits per heavy atom. The van der Waals surface area contributed by atoms with Gasteiger partial charge in [-0.3, -0.25) is 9.59 Å². The van der Waals surface area contributed by atoms with Crippen molar-refractivity contribution < 1.29 is 14.3 Å². The molecule has 1 aromatic rings. The molecule has 0 saturated carbocycles. The maximum atomic E-state index is 11.9. The Hall–Kier alpha value is -2.04. The van der Waals surface area contributed by atoms with Gasteiger partial charge in [0, 0.05) is 37.0 Å². The molecule has 1 aliphatic heterocycles. The minimum atomic E-state index is -0.0717. The van der Waals surface area contributed by atoms with Crippen molar-refractivity contribution in [2.24, 2.45) is 5.92 Å². The number of carbonyl (C=O) groups is 2. The second-order valence-corrected chi connectivity index (χ2v) is 6.67. The lowest BCUT2D eigenvalue weighted by Gasteiger charge is -2.32. The first kappa shape index (κ1) is 18.3. The molecule has 1 heterocycles. The van der Waals surface area contributed by atoms with Gasteiger partial charge in [0.1, 0.15) is 5.75 Å². The summed E-state index contributed by atoms with van der Waals surface area (Å²) in [5.41, 5.74) is 0.633. The summed E-state index contributed by atoms with van der Waals surface area (Å²) in [6.45, 7) is 8.02. The summed E-state index contributed by atoms with van der Waals surface area (Å²) >= 11 is 0. The molecular formula is C19H28N2O3. The summed E-state index contributed by atoms with van der Waals surface area (Å²) in [6.07, 6.45) is 2.68. The summed E-state index contributed by atoms with van der Waals surface area (Å²) in [5.74, 6) is 1.28. The van der Waals surface area contributed by atoms with Crippen LogP contribution in [0.15, 0.2) is 24.3 Å². The van der Waals surface area contributed by atoms with Crippen molar-refractivity contribution in [3.8, 4) is 5.75 Å². The number of nitrogens with one attached hydrogen (secondary N) is 1. The van der Waals surface area contributed by atoms with Crippen LogP contribution in [-0.2, 0) is 4.79 Å². The average Bonchev–Trinajstić information content (AvgIpc) is 2.59. The number of hydrogen-bond donors (Lipinski definition) is 1. The van der Waals surface area contributed by atoms with Gasteiger partial charge in [-0.05, 0) is 51.0 Å². The monoisotopic (exact) mass is 332 g/mol.